The maximum absolute atomic E-state index is 12.5. The molecule has 1 aromatic carbocycles. The molecule has 1 fully saturated rings. The average molecular weight is 435 g/mol. The van der Waals surface area contributed by atoms with Crippen LogP contribution in [0.15, 0.2) is 54.9 Å². The first-order chi connectivity index (χ1) is 15.6. The molecule has 1 aliphatic rings. The predicted molar refractivity (Wildman–Crippen MR) is 122 cm³/mol. The largest absolute Gasteiger partial charge is 0.489 e. The van der Waals surface area contributed by atoms with Crippen LogP contribution in [0.1, 0.15) is 43.4 Å². The Morgan fingerprint density at radius 3 is 2.59 bits per heavy atom. The highest BCUT2D eigenvalue weighted by molar-refractivity contribution is 5.68. The van der Waals surface area contributed by atoms with E-state index in [4.69, 9.17) is 9.47 Å². The fourth-order valence-corrected chi connectivity index (χ4v) is 3.97. The minimum Gasteiger partial charge on any atom is -0.489 e. The summed E-state index contributed by atoms with van der Waals surface area (Å²) < 4.78 is 13.3. The van der Waals surface area contributed by atoms with Gasteiger partial charge in [0, 0.05) is 19.7 Å². The molecule has 1 saturated carbocycles. The molecule has 2 aromatic heterocycles. The monoisotopic (exact) mass is 434 g/mol. The molecule has 0 atom stereocenters. The third-order valence-electron chi connectivity index (χ3n) is 5.83. The Morgan fingerprint density at radius 2 is 1.88 bits per heavy atom. The lowest BCUT2D eigenvalue weighted by molar-refractivity contribution is 0.102. The van der Waals surface area contributed by atoms with Gasteiger partial charge in [-0.25, -0.2) is 4.79 Å². The van der Waals surface area contributed by atoms with Crippen LogP contribution in [0, 0.1) is 0 Å². The minimum atomic E-state index is -0.384. The minimum absolute atomic E-state index is 0.242. The van der Waals surface area contributed by atoms with Crippen molar-refractivity contribution in [3.8, 4) is 17.0 Å². The van der Waals surface area contributed by atoms with E-state index in [-0.39, 0.29) is 12.7 Å². The van der Waals surface area contributed by atoms with Gasteiger partial charge in [-0.15, -0.1) is 0 Å². The van der Waals surface area contributed by atoms with Crippen LogP contribution in [0.4, 0.5) is 4.79 Å². The molecule has 168 valence electrons. The molecule has 0 spiro atoms. The zero-order valence-corrected chi connectivity index (χ0v) is 18.7. The topological polar surface area (TPSA) is 69.5 Å². The molecule has 32 heavy (non-hydrogen) atoms. The smallest absolute Gasteiger partial charge is 0.410 e. The molecule has 0 bridgehead atoms. The zero-order chi connectivity index (χ0) is 22.3. The van der Waals surface area contributed by atoms with E-state index in [0.717, 1.165) is 41.1 Å². The summed E-state index contributed by atoms with van der Waals surface area (Å²) in [4.78, 5) is 18.6. The Bertz CT molecular complexity index is 1010. The van der Waals surface area contributed by atoms with Crippen LogP contribution in [0.2, 0.25) is 0 Å². The number of aryl methyl sites for hydroxylation is 1. The molecule has 0 aliphatic heterocycles. The van der Waals surface area contributed by atoms with Gasteiger partial charge >= 0.3 is 6.09 Å². The molecule has 7 heteroatoms. The van der Waals surface area contributed by atoms with Crippen molar-refractivity contribution in [3.05, 3.63) is 66.1 Å². The van der Waals surface area contributed by atoms with E-state index in [2.05, 4.69) is 10.1 Å². The van der Waals surface area contributed by atoms with E-state index < -0.39 is 0 Å². The number of hydrogen-bond acceptors (Lipinski definition) is 5. The number of benzene rings is 1. The van der Waals surface area contributed by atoms with Crippen LogP contribution in [0.3, 0.4) is 0 Å². The molecule has 1 amide bonds. The Kier molecular flexibility index (Phi) is 7.04. The van der Waals surface area contributed by atoms with Crippen LogP contribution in [0.25, 0.3) is 11.3 Å². The van der Waals surface area contributed by atoms with Crippen LogP contribution in [-0.4, -0.2) is 38.9 Å². The summed E-state index contributed by atoms with van der Waals surface area (Å²) in [5.74, 6) is 0.799. The number of aromatic nitrogens is 3. The number of rotatable bonds is 7. The Balaban J connectivity index is 1.39. The lowest BCUT2D eigenvalue weighted by atomic mass is 9.98. The van der Waals surface area contributed by atoms with Crippen molar-refractivity contribution in [2.75, 3.05) is 7.05 Å². The molecule has 2 heterocycles. The summed E-state index contributed by atoms with van der Waals surface area (Å²) in [7, 11) is 3.58. The van der Waals surface area contributed by atoms with Crippen molar-refractivity contribution < 1.29 is 14.3 Å². The van der Waals surface area contributed by atoms with Gasteiger partial charge in [0.2, 0.25) is 0 Å². The highest BCUT2D eigenvalue weighted by Crippen LogP contribution is 2.26. The molecule has 7 nitrogen and oxygen atoms in total. The second-order valence-corrected chi connectivity index (χ2v) is 8.28. The molecule has 0 N–H and O–H groups in total. The van der Waals surface area contributed by atoms with E-state index in [1.165, 1.54) is 19.3 Å². The summed E-state index contributed by atoms with van der Waals surface area (Å²) >= 11 is 0. The van der Waals surface area contributed by atoms with E-state index in [9.17, 15) is 4.79 Å². The molecule has 3 aromatic rings. The summed E-state index contributed by atoms with van der Waals surface area (Å²) in [6, 6.07) is 13.6. The maximum Gasteiger partial charge on any atom is 0.410 e. The molecule has 0 unspecified atom stereocenters. The van der Waals surface area contributed by atoms with Gasteiger partial charge in [-0.2, -0.15) is 5.10 Å². The number of nitrogens with zero attached hydrogens (tertiary/aromatic N) is 4. The fourth-order valence-electron chi connectivity index (χ4n) is 3.97. The SMILES string of the molecule is CN(Cc1c(-c2ccc(OC3CCCCC3)cn2)cnn1C)C(=O)OCc1ccccc1. The van der Waals surface area contributed by atoms with Gasteiger partial charge in [0.05, 0.1) is 36.4 Å². The van der Waals surface area contributed by atoms with Crippen molar-refractivity contribution in [2.45, 2.75) is 51.4 Å². The summed E-state index contributed by atoms with van der Waals surface area (Å²) in [6.45, 7) is 0.605. The second-order valence-electron chi connectivity index (χ2n) is 8.28. The van der Waals surface area contributed by atoms with Gasteiger partial charge in [0.25, 0.3) is 0 Å². The van der Waals surface area contributed by atoms with Gasteiger partial charge in [-0.3, -0.25) is 9.67 Å². The van der Waals surface area contributed by atoms with E-state index in [1.807, 2.05) is 49.5 Å². The normalized spacial score (nSPS) is 14.2. The molecule has 0 saturated heterocycles. The van der Waals surface area contributed by atoms with Crippen LogP contribution in [-0.2, 0) is 24.9 Å². The van der Waals surface area contributed by atoms with E-state index >= 15 is 0 Å². The predicted octanol–water partition coefficient (Wildman–Crippen LogP) is 4.96. The quantitative estimate of drug-likeness (QED) is 0.526. The average Bonchev–Trinajstić information content (AvgIpc) is 3.19. The van der Waals surface area contributed by atoms with E-state index in [1.54, 1.807) is 29.0 Å². The maximum atomic E-state index is 12.5. The Labute approximate surface area is 189 Å². The number of carbonyl (C=O) groups excluding carboxylic acids is 1. The first-order valence-corrected chi connectivity index (χ1v) is 11.2. The lowest BCUT2D eigenvalue weighted by Crippen LogP contribution is -2.28. The third-order valence-corrected chi connectivity index (χ3v) is 5.83. The third kappa shape index (κ3) is 5.46. The van der Waals surface area contributed by atoms with Gasteiger partial charge in [-0.05, 0) is 43.4 Å². The first kappa shape index (κ1) is 21.9. The van der Waals surface area contributed by atoms with Crippen molar-refractivity contribution >= 4 is 6.09 Å². The van der Waals surface area contributed by atoms with E-state index in [0.29, 0.717) is 12.6 Å². The number of pyridine rings is 1. The van der Waals surface area contributed by atoms with Crippen LogP contribution in [0.5, 0.6) is 5.75 Å². The number of hydrogen-bond donors (Lipinski definition) is 0. The molecule has 4 rings (SSSR count). The highest BCUT2D eigenvalue weighted by Gasteiger charge is 2.19. The summed E-state index contributed by atoms with van der Waals surface area (Å²) in [6.07, 6.45) is 9.46. The number of amides is 1. The number of carbonyl (C=O) groups is 1. The highest BCUT2D eigenvalue weighted by atomic mass is 16.6. The van der Waals surface area contributed by atoms with Crippen molar-refractivity contribution in [1.82, 2.24) is 19.7 Å². The Morgan fingerprint density at radius 1 is 1.09 bits per heavy atom. The first-order valence-electron chi connectivity index (χ1n) is 11.2. The molecule has 1 aliphatic carbocycles. The zero-order valence-electron chi connectivity index (χ0n) is 18.7. The van der Waals surface area contributed by atoms with Gasteiger partial charge < -0.3 is 14.4 Å². The van der Waals surface area contributed by atoms with Crippen LogP contribution >= 0.6 is 0 Å². The van der Waals surface area contributed by atoms with Gasteiger partial charge in [-0.1, -0.05) is 36.8 Å². The van der Waals surface area contributed by atoms with Crippen LogP contribution < -0.4 is 4.74 Å². The van der Waals surface area contributed by atoms with Crippen molar-refractivity contribution in [3.63, 3.8) is 0 Å². The molecule has 0 radical (unpaired) electrons. The molecular formula is C25H30N4O3. The Hall–Kier alpha value is -3.35. The standard InChI is InChI=1S/C25H30N4O3/c1-28(25(30)31-18-19-9-5-3-6-10-19)17-24-22(16-27-29(24)2)23-14-13-21(15-26-23)32-20-11-7-4-8-12-20/h3,5-6,9-10,13-16,20H,4,7-8,11-12,17-18H2,1-2H3. The summed E-state index contributed by atoms with van der Waals surface area (Å²) in [5, 5.41) is 4.38. The van der Waals surface area contributed by atoms with Gasteiger partial charge in [0.15, 0.2) is 0 Å². The van der Waals surface area contributed by atoms with Gasteiger partial charge in [0.1, 0.15) is 12.4 Å². The fraction of sp³-hybridized carbons (Fsp3) is 0.400. The molecular weight excluding hydrogens is 404 g/mol. The van der Waals surface area contributed by atoms with Crippen molar-refractivity contribution in [1.29, 1.82) is 0 Å². The second kappa shape index (κ2) is 10.3. The lowest BCUT2D eigenvalue weighted by Gasteiger charge is -2.22. The summed E-state index contributed by atoms with van der Waals surface area (Å²) in [5.41, 5.74) is 3.53. The van der Waals surface area contributed by atoms with Crippen molar-refractivity contribution in [2.24, 2.45) is 7.05 Å². The number of ether oxygens (including phenoxy) is 2.